The number of carboxylic acid groups (broad SMARTS) is 1. The predicted molar refractivity (Wildman–Crippen MR) is 78.1 cm³/mol. The van der Waals surface area contributed by atoms with Crippen LogP contribution in [0.15, 0.2) is 0 Å². The van der Waals surface area contributed by atoms with E-state index in [9.17, 15) is 18.9 Å². The van der Waals surface area contributed by atoms with Gasteiger partial charge in [-0.2, -0.15) is 0 Å². The van der Waals surface area contributed by atoms with Gasteiger partial charge in [-0.3, -0.25) is 4.21 Å². The van der Waals surface area contributed by atoms with Crippen LogP contribution < -0.4 is 5.32 Å². The minimum Gasteiger partial charge on any atom is -0.480 e. The van der Waals surface area contributed by atoms with Gasteiger partial charge in [-0.25, -0.2) is 9.59 Å². The van der Waals surface area contributed by atoms with Crippen molar-refractivity contribution < 1.29 is 18.9 Å². The van der Waals surface area contributed by atoms with Crippen LogP contribution in [0.3, 0.4) is 0 Å². The van der Waals surface area contributed by atoms with Gasteiger partial charge in [0.25, 0.3) is 0 Å². The summed E-state index contributed by atoms with van der Waals surface area (Å²) in [4.78, 5) is 24.7. The lowest BCUT2D eigenvalue weighted by Gasteiger charge is -2.36. The lowest BCUT2D eigenvalue weighted by atomic mass is 9.89. The van der Waals surface area contributed by atoms with Gasteiger partial charge in [0.1, 0.15) is 6.04 Å². The Labute approximate surface area is 122 Å². The Hall–Kier alpha value is -1.11. The third-order valence-electron chi connectivity index (χ3n) is 3.76. The second-order valence-electron chi connectivity index (χ2n) is 5.01. The van der Waals surface area contributed by atoms with E-state index < -0.39 is 22.8 Å². The molecule has 1 aliphatic rings. The molecule has 2 amide bonds. The number of carbonyl (C=O) groups is 2. The smallest absolute Gasteiger partial charge is 0.326 e. The quantitative estimate of drug-likeness (QED) is 0.767. The highest BCUT2D eigenvalue weighted by molar-refractivity contribution is 7.84. The number of hydrogen-bond donors (Lipinski definition) is 2. The molecule has 1 rings (SSSR count). The standard InChI is InChI=1S/C13H24N2O4S/c1-3-10-5-7-15(11(9-10)12(16)17)13(18)14-6-8-20(19)4-2/h10-11H,3-9H2,1-2H3,(H,14,18)(H,16,17). The summed E-state index contributed by atoms with van der Waals surface area (Å²) >= 11 is 0. The third kappa shape index (κ3) is 4.77. The van der Waals surface area contributed by atoms with Gasteiger partial charge < -0.3 is 15.3 Å². The molecule has 2 N–H and O–H groups in total. The molecule has 0 bridgehead atoms. The molecule has 0 aromatic heterocycles. The second-order valence-corrected chi connectivity index (χ2v) is 6.88. The van der Waals surface area contributed by atoms with Crippen LogP contribution in [0, 0.1) is 5.92 Å². The zero-order valence-electron chi connectivity index (χ0n) is 12.1. The Bertz CT molecular complexity index is 375. The molecule has 3 atom stereocenters. The van der Waals surface area contributed by atoms with E-state index in [0.29, 0.717) is 36.9 Å². The first-order valence-corrected chi connectivity index (χ1v) is 8.60. The van der Waals surface area contributed by atoms with E-state index in [2.05, 4.69) is 5.32 Å². The maximum Gasteiger partial charge on any atom is 0.326 e. The van der Waals surface area contributed by atoms with E-state index in [1.54, 1.807) is 0 Å². The van der Waals surface area contributed by atoms with Crippen molar-refractivity contribution in [3.05, 3.63) is 0 Å². The Morgan fingerprint density at radius 3 is 2.65 bits per heavy atom. The lowest BCUT2D eigenvalue weighted by Crippen LogP contribution is -2.53. The van der Waals surface area contributed by atoms with Gasteiger partial charge in [0.2, 0.25) is 0 Å². The molecule has 3 unspecified atom stereocenters. The summed E-state index contributed by atoms with van der Waals surface area (Å²) < 4.78 is 11.3. The van der Waals surface area contributed by atoms with E-state index in [1.807, 2.05) is 13.8 Å². The molecule has 0 aliphatic carbocycles. The SMILES string of the molecule is CCC1CCN(C(=O)NCCS(=O)CC)C(C(=O)O)C1. The Morgan fingerprint density at radius 1 is 1.40 bits per heavy atom. The normalized spacial score (nSPS) is 24.2. The predicted octanol–water partition coefficient (Wildman–Crippen LogP) is 1.04. The molecule has 1 saturated heterocycles. The summed E-state index contributed by atoms with van der Waals surface area (Å²) in [6, 6.07) is -1.11. The number of piperidine rings is 1. The van der Waals surface area contributed by atoms with Crippen molar-refractivity contribution in [2.24, 2.45) is 5.92 Å². The van der Waals surface area contributed by atoms with Gasteiger partial charge in [-0.05, 0) is 18.8 Å². The summed E-state index contributed by atoms with van der Waals surface area (Å²) in [5, 5.41) is 11.9. The van der Waals surface area contributed by atoms with Gasteiger partial charge in [0, 0.05) is 35.4 Å². The fourth-order valence-electron chi connectivity index (χ4n) is 2.40. The Kier molecular flexibility index (Phi) is 6.98. The van der Waals surface area contributed by atoms with Crippen molar-refractivity contribution in [2.45, 2.75) is 39.2 Å². The number of nitrogens with zero attached hydrogens (tertiary/aromatic N) is 1. The average Bonchev–Trinajstić information content (AvgIpc) is 2.45. The first-order chi connectivity index (χ1) is 9.49. The highest BCUT2D eigenvalue weighted by atomic mass is 32.2. The van der Waals surface area contributed by atoms with E-state index in [0.717, 1.165) is 12.8 Å². The first kappa shape index (κ1) is 16.9. The number of urea groups is 1. The highest BCUT2D eigenvalue weighted by Gasteiger charge is 2.35. The van der Waals surface area contributed by atoms with Gasteiger partial charge in [-0.1, -0.05) is 20.3 Å². The van der Waals surface area contributed by atoms with Crippen LogP contribution in [0.5, 0.6) is 0 Å². The number of nitrogens with one attached hydrogen (secondary N) is 1. The fourth-order valence-corrected chi connectivity index (χ4v) is 3.02. The molecule has 20 heavy (non-hydrogen) atoms. The van der Waals surface area contributed by atoms with Crippen LogP contribution >= 0.6 is 0 Å². The maximum absolute atomic E-state index is 12.0. The molecule has 7 heteroatoms. The molecule has 1 fully saturated rings. The zero-order valence-corrected chi connectivity index (χ0v) is 12.9. The molecule has 0 saturated carbocycles. The molecule has 1 heterocycles. The topological polar surface area (TPSA) is 86.7 Å². The number of aliphatic carboxylic acids is 1. The molecule has 0 aromatic carbocycles. The van der Waals surface area contributed by atoms with Gasteiger partial charge in [-0.15, -0.1) is 0 Å². The number of likely N-dealkylation sites (tertiary alicyclic amines) is 1. The van der Waals surface area contributed by atoms with Gasteiger partial charge in [0.05, 0.1) is 0 Å². The van der Waals surface area contributed by atoms with E-state index in [-0.39, 0.29) is 6.03 Å². The molecule has 0 radical (unpaired) electrons. The Balaban J connectivity index is 2.52. The maximum atomic E-state index is 12.0. The molecule has 6 nitrogen and oxygen atoms in total. The third-order valence-corrected chi connectivity index (χ3v) is 5.07. The number of amides is 2. The number of carbonyl (C=O) groups excluding carboxylic acids is 1. The van der Waals surface area contributed by atoms with Crippen LogP contribution in [-0.4, -0.2) is 56.9 Å². The number of hydrogen-bond acceptors (Lipinski definition) is 3. The highest BCUT2D eigenvalue weighted by Crippen LogP contribution is 2.25. The fraction of sp³-hybridized carbons (Fsp3) is 0.846. The summed E-state index contributed by atoms with van der Waals surface area (Å²) in [5.74, 6) is 0.393. The van der Waals surface area contributed by atoms with Crippen LogP contribution in [0.4, 0.5) is 4.79 Å². The van der Waals surface area contributed by atoms with Crippen molar-refractivity contribution in [1.29, 1.82) is 0 Å². The summed E-state index contributed by atoms with van der Waals surface area (Å²) in [6.45, 7) is 4.66. The second kappa shape index (κ2) is 8.24. The number of rotatable bonds is 6. The largest absolute Gasteiger partial charge is 0.480 e. The molecule has 116 valence electrons. The molecular formula is C13H24N2O4S. The summed E-state index contributed by atoms with van der Waals surface area (Å²) in [7, 11) is -0.923. The minimum atomic E-state index is -0.949. The first-order valence-electron chi connectivity index (χ1n) is 7.11. The average molecular weight is 304 g/mol. The van der Waals surface area contributed by atoms with E-state index in [4.69, 9.17) is 0 Å². The molecule has 0 spiro atoms. The summed E-state index contributed by atoms with van der Waals surface area (Å²) in [5.41, 5.74) is 0. The van der Waals surface area contributed by atoms with Gasteiger partial charge in [0.15, 0.2) is 0 Å². The van der Waals surface area contributed by atoms with Crippen LogP contribution in [0.2, 0.25) is 0 Å². The monoisotopic (exact) mass is 304 g/mol. The van der Waals surface area contributed by atoms with E-state index >= 15 is 0 Å². The van der Waals surface area contributed by atoms with E-state index in [1.165, 1.54) is 4.90 Å². The van der Waals surface area contributed by atoms with Crippen molar-refractivity contribution in [3.63, 3.8) is 0 Å². The van der Waals surface area contributed by atoms with Crippen LogP contribution in [0.25, 0.3) is 0 Å². The van der Waals surface area contributed by atoms with Crippen LogP contribution in [0.1, 0.15) is 33.1 Å². The minimum absolute atomic E-state index is 0.319. The van der Waals surface area contributed by atoms with Gasteiger partial charge >= 0.3 is 12.0 Å². The molecule has 1 aliphatic heterocycles. The number of carboxylic acids is 1. The lowest BCUT2D eigenvalue weighted by molar-refractivity contribution is -0.144. The van der Waals surface area contributed by atoms with Crippen molar-refractivity contribution >= 4 is 22.8 Å². The zero-order chi connectivity index (χ0) is 15.1. The van der Waals surface area contributed by atoms with Crippen molar-refractivity contribution in [3.8, 4) is 0 Å². The van der Waals surface area contributed by atoms with Crippen molar-refractivity contribution in [1.82, 2.24) is 10.2 Å². The Morgan fingerprint density at radius 2 is 2.10 bits per heavy atom. The molecular weight excluding hydrogens is 280 g/mol. The summed E-state index contributed by atoms with van der Waals surface area (Å²) in [6.07, 6.45) is 2.30. The van der Waals surface area contributed by atoms with Crippen LogP contribution in [-0.2, 0) is 15.6 Å². The molecule has 0 aromatic rings. The van der Waals surface area contributed by atoms with Crippen molar-refractivity contribution in [2.75, 3.05) is 24.6 Å².